The molecule has 0 bridgehead atoms. The summed E-state index contributed by atoms with van der Waals surface area (Å²) in [4.78, 5) is 14.9. The molecule has 0 aliphatic carbocycles. The molecule has 5 heteroatoms. The zero-order valence-corrected chi connectivity index (χ0v) is 10.5. The summed E-state index contributed by atoms with van der Waals surface area (Å²) in [5.41, 5.74) is 5.91. The first-order valence-electron chi connectivity index (χ1n) is 5.58. The minimum Gasteiger partial charge on any atom is -0.456 e. The molecule has 3 N–H and O–H groups in total. The largest absolute Gasteiger partial charge is 0.456 e. The standard InChI is InChI=1S/C13H15FN2O2/c1-13(2,3)18-12(17)10-8-6-7(14)4-5-9(8)16-11(10)15/h4-6,16H,15H2,1-3H3. The first-order valence-corrected chi connectivity index (χ1v) is 5.58. The van der Waals surface area contributed by atoms with Crippen LogP contribution in [0.3, 0.4) is 0 Å². The fourth-order valence-electron chi connectivity index (χ4n) is 1.73. The molecule has 0 saturated heterocycles. The summed E-state index contributed by atoms with van der Waals surface area (Å²) in [6.07, 6.45) is 0. The number of esters is 1. The molecule has 1 aromatic heterocycles. The number of benzene rings is 1. The number of ether oxygens (including phenoxy) is 1. The number of hydrogen-bond donors (Lipinski definition) is 2. The Balaban J connectivity index is 2.53. The molecule has 0 fully saturated rings. The molecule has 18 heavy (non-hydrogen) atoms. The minimum absolute atomic E-state index is 0.180. The van der Waals surface area contributed by atoms with Crippen LogP contribution in [0.4, 0.5) is 10.2 Å². The molecule has 0 aliphatic rings. The summed E-state index contributed by atoms with van der Waals surface area (Å²) in [7, 11) is 0. The molecule has 0 atom stereocenters. The Bertz CT molecular complexity index is 611. The molecular formula is C13H15FN2O2. The second-order valence-corrected chi connectivity index (χ2v) is 5.11. The van der Waals surface area contributed by atoms with Crippen molar-refractivity contribution in [1.82, 2.24) is 4.98 Å². The predicted molar refractivity (Wildman–Crippen MR) is 67.8 cm³/mol. The average molecular weight is 250 g/mol. The van der Waals surface area contributed by atoms with E-state index in [9.17, 15) is 9.18 Å². The molecule has 0 radical (unpaired) electrons. The Labute approximate surface area is 104 Å². The van der Waals surface area contributed by atoms with E-state index in [0.717, 1.165) is 0 Å². The number of anilines is 1. The van der Waals surface area contributed by atoms with E-state index in [1.807, 2.05) is 0 Å². The molecule has 0 unspecified atom stereocenters. The highest BCUT2D eigenvalue weighted by molar-refractivity contribution is 6.09. The number of nitrogen functional groups attached to an aromatic ring is 1. The highest BCUT2D eigenvalue weighted by Gasteiger charge is 2.23. The van der Waals surface area contributed by atoms with Gasteiger partial charge in [0.1, 0.15) is 22.8 Å². The third-order valence-corrected chi connectivity index (χ3v) is 2.39. The maximum atomic E-state index is 13.2. The lowest BCUT2D eigenvalue weighted by Gasteiger charge is -2.19. The van der Waals surface area contributed by atoms with Gasteiger partial charge in [-0.15, -0.1) is 0 Å². The molecule has 4 nitrogen and oxygen atoms in total. The second kappa shape index (κ2) is 4.01. The maximum Gasteiger partial charge on any atom is 0.343 e. The molecule has 0 amide bonds. The molecule has 0 aliphatic heterocycles. The summed E-state index contributed by atoms with van der Waals surface area (Å²) in [6.45, 7) is 5.28. The van der Waals surface area contributed by atoms with Gasteiger partial charge in [-0.25, -0.2) is 9.18 Å². The van der Waals surface area contributed by atoms with Gasteiger partial charge in [0.2, 0.25) is 0 Å². The van der Waals surface area contributed by atoms with E-state index in [4.69, 9.17) is 10.5 Å². The number of aromatic amines is 1. The van der Waals surface area contributed by atoms with Crippen molar-refractivity contribution < 1.29 is 13.9 Å². The van der Waals surface area contributed by atoms with E-state index < -0.39 is 17.4 Å². The summed E-state index contributed by atoms with van der Waals surface area (Å²) in [5.74, 6) is -0.798. The molecule has 1 heterocycles. The van der Waals surface area contributed by atoms with Crippen LogP contribution >= 0.6 is 0 Å². The van der Waals surface area contributed by atoms with Gasteiger partial charge in [-0.1, -0.05) is 0 Å². The third-order valence-electron chi connectivity index (χ3n) is 2.39. The Morgan fingerprint density at radius 3 is 2.67 bits per heavy atom. The summed E-state index contributed by atoms with van der Waals surface area (Å²) in [6, 6.07) is 4.10. The summed E-state index contributed by atoms with van der Waals surface area (Å²) in [5, 5.41) is 0.432. The van der Waals surface area contributed by atoms with E-state index in [1.54, 1.807) is 20.8 Å². The Morgan fingerprint density at radius 2 is 2.06 bits per heavy atom. The number of carbonyl (C=O) groups excluding carboxylic acids is 1. The maximum absolute atomic E-state index is 13.2. The number of fused-ring (bicyclic) bond motifs is 1. The summed E-state index contributed by atoms with van der Waals surface area (Å²) < 4.78 is 18.5. The van der Waals surface area contributed by atoms with E-state index in [2.05, 4.69) is 4.98 Å². The highest BCUT2D eigenvalue weighted by atomic mass is 19.1. The Hall–Kier alpha value is -2.04. The lowest BCUT2D eigenvalue weighted by atomic mass is 10.1. The smallest absolute Gasteiger partial charge is 0.343 e. The van der Waals surface area contributed by atoms with Crippen LogP contribution in [0.25, 0.3) is 10.9 Å². The van der Waals surface area contributed by atoms with Crippen molar-refractivity contribution in [3.63, 3.8) is 0 Å². The fraction of sp³-hybridized carbons (Fsp3) is 0.308. The molecule has 1 aromatic carbocycles. The van der Waals surface area contributed by atoms with Gasteiger partial charge in [-0.05, 0) is 39.0 Å². The molecule has 2 aromatic rings. The molecule has 96 valence electrons. The minimum atomic E-state index is -0.625. The van der Waals surface area contributed by atoms with E-state index >= 15 is 0 Å². The quantitative estimate of drug-likeness (QED) is 0.765. The number of nitrogens with one attached hydrogen (secondary N) is 1. The van der Waals surface area contributed by atoms with Crippen molar-refractivity contribution in [3.05, 3.63) is 29.6 Å². The zero-order chi connectivity index (χ0) is 13.5. The van der Waals surface area contributed by atoms with Crippen molar-refractivity contribution >= 4 is 22.7 Å². The monoisotopic (exact) mass is 250 g/mol. The number of aromatic nitrogens is 1. The summed E-state index contributed by atoms with van der Waals surface area (Å²) >= 11 is 0. The van der Waals surface area contributed by atoms with Crippen molar-refractivity contribution in [2.24, 2.45) is 0 Å². The van der Waals surface area contributed by atoms with Gasteiger partial charge in [-0.3, -0.25) is 0 Å². The number of carbonyl (C=O) groups is 1. The Kier molecular flexibility index (Phi) is 2.77. The molecule has 2 rings (SSSR count). The Morgan fingerprint density at radius 1 is 1.39 bits per heavy atom. The van der Waals surface area contributed by atoms with Crippen LogP contribution in [0, 0.1) is 5.82 Å². The van der Waals surface area contributed by atoms with Crippen molar-refractivity contribution in [2.75, 3.05) is 5.73 Å². The number of H-pyrrole nitrogens is 1. The number of halogens is 1. The van der Waals surface area contributed by atoms with Gasteiger partial charge < -0.3 is 15.5 Å². The van der Waals surface area contributed by atoms with Crippen molar-refractivity contribution in [1.29, 1.82) is 0 Å². The van der Waals surface area contributed by atoms with Gasteiger partial charge >= 0.3 is 5.97 Å². The van der Waals surface area contributed by atoms with Gasteiger partial charge in [0.15, 0.2) is 0 Å². The fourth-order valence-corrected chi connectivity index (χ4v) is 1.73. The third kappa shape index (κ3) is 2.30. The molecular weight excluding hydrogens is 235 g/mol. The lowest BCUT2D eigenvalue weighted by molar-refractivity contribution is 0.00732. The van der Waals surface area contributed by atoms with Crippen molar-refractivity contribution in [3.8, 4) is 0 Å². The van der Waals surface area contributed by atoms with Crippen LogP contribution < -0.4 is 5.73 Å². The predicted octanol–water partition coefficient (Wildman–Crippen LogP) is 2.84. The molecule has 0 saturated carbocycles. The first kappa shape index (κ1) is 12.4. The molecule has 0 spiro atoms. The SMILES string of the molecule is CC(C)(C)OC(=O)c1c(N)[nH]c2ccc(F)cc12. The normalized spacial score (nSPS) is 11.8. The highest BCUT2D eigenvalue weighted by Crippen LogP contribution is 2.27. The van der Waals surface area contributed by atoms with Crippen LogP contribution in [0.5, 0.6) is 0 Å². The van der Waals surface area contributed by atoms with Crippen LogP contribution in [0.15, 0.2) is 18.2 Å². The van der Waals surface area contributed by atoms with Crippen LogP contribution in [-0.2, 0) is 4.74 Å². The lowest BCUT2D eigenvalue weighted by Crippen LogP contribution is -2.24. The second-order valence-electron chi connectivity index (χ2n) is 5.11. The number of hydrogen-bond acceptors (Lipinski definition) is 3. The van der Waals surface area contributed by atoms with Gasteiger partial charge in [0.05, 0.1) is 0 Å². The van der Waals surface area contributed by atoms with Gasteiger partial charge in [-0.2, -0.15) is 0 Å². The van der Waals surface area contributed by atoms with Gasteiger partial charge in [0, 0.05) is 10.9 Å². The topological polar surface area (TPSA) is 68.1 Å². The van der Waals surface area contributed by atoms with E-state index in [-0.39, 0.29) is 11.4 Å². The number of rotatable bonds is 1. The van der Waals surface area contributed by atoms with E-state index in [0.29, 0.717) is 10.9 Å². The first-order chi connectivity index (χ1) is 8.28. The zero-order valence-electron chi connectivity index (χ0n) is 10.5. The number of nitrogens with two attached hydrogens (primary N) is 1. The average Bonchev–Trinajstić information content (AvgIpc) is 2.50. The van der Waals surface area contributed by atoms with Crippen LogP contribution in [0.1, 0.15) is 31.1 Å². The van der Waals surface area contributed by atoms with E-state index in [1.165, 1.54) is 18.2 Å². The van der Waals surface area contributed by atoms with Crippen LogP contribution in [-0.4, -0.2) is 16.6 Å². The van der Waals surface area contributed by atoms with Crippen molar-refractivity contribution in [2.45, 2.75) is 26.4 Å². The van der Waals surface area contributed by atoms with Crippen LogP contribution in [0.2, 0.25) is 0 Å². The van der Waals surface area contributed by atoms with Gasteiger partial charge in [0.25, 0.3) is 0 Å².